The predicted octanol–water partition coefficient (Wildman–Crippen LogP) is 7.54. The topological polar surface area (TPSA) is 59.9 Å². The number of halogens is 3. The molecule has 0 aromatic heterocycles. The van der Waals surface area contributed by atoms with E-state index >= 15 is 0 Å². The van der Waals surface area contributed by atoms with Crippen molar-refractivity contribution in [1.29, 1.82) is 0 Å². The zero-order valence-electron chi connectivity index (χ0n) is 18.2. The highest BCUT2D eigenvalue weighted by Gasteiger charge is 2.24. The predicted molar refractivity (Wildman–Crippen MR) is 143 cm³/mol. The van der Waals surface area contributed by atoms with Crippen molar-refractivity contribution in [3.8, 4) is 11.5 Å². The molecule has 1 fully saturated rings. The van der Waals surface area contributed by atoms with Gasteiger partial charge in [-0.25, -0.2) is 4.99 Å². The van der Waals surface area contributed by atoms with Crippen molar-refractivity contribution in [2.45, 2.75) is 13.5 Å². The molecule has 0 radical (unpaired) electrons. The highest BCUT2D eigenvalue weighted by Crippen LogP contribution is 2.39. The second kappa shape index (κ2) is 10.9. The number of hydrogen-bond donors (Lipinski definition) is 1. The molecule has 5 nitrogen and oxygen atoms in total. The van der Waals surface area contributed by atoms with Crippen LogP contribution in [-0.2, 0) is 11.4 Å². The van der Waals surface area contributed by atoms with E-state index in [2.05, 4.69) is 26.2 Å². The molecule has 34 heavy (non-hydrogen) atoms. The van der Waals surface area contributed by atoms with E-state index < -0.39 is 0 Å². The average molecular weight is 578 g/mol. The van der Waals surface area contributed by atoms with Crippen molar-refractivity contribution in [2.75, 3.05) is 7.11 Å². The zero-order chi connectivity index (χ0) is 24.2. The second-order valence-electron chi connectivity index (χ2n) is 7.38. The number of aliphatic imine (C=N–C) groups is 1. The maximum atomic E-state index is 12.5. The van der Waals surface area contributed by atoms with Gasteiger partial charge < -0.3 is 14.8 Å². The van der Waals surface area contributed by atoms with Crippen LogP contribution in [0.3, 0.4) is 0 Å². The first-order chi connectivity index (χ1) is 16.3. The van der Waals surface area contributed by atoms with E-state index in [9.17, 15) is 4.79 Å². The molecule has 0 bridgehead atoms. The van der Waals surface area contributed by atoms with Gasteiger partial charge in [-0.15, -0.1) is 0 Å². The number of amides is 1. The Kier molecular flexibility index (Phi) is 7.88. The Labute approximate surface area is 220 Å². The van der Waals surface area contributed by atoms with Crippen LogP contribution in [0, 0.1) is 6.92 Å². The maximum Gasteiger partial charge on any atom is 0.264 e. The van der Waals surface area contributed by atoms with E-state index in [4.69, 9.17) is 32.7 Å². The van der Waals surface area contributed by atoms with Crippen LogP contribution in [0.25, 0.3) is 6.08 Å². The van der Waals surface area contributed by atoms with Gasteiger partial charge in [0.1, 0.15) is 6.61 Å². The molecule has 1 aliphatic rings. The number of thioether (sulfide) groups is 1. The van der Waals surface area contributed by atoms with Gasteiger partial charge in [0.05, 0.1) is 22.2 Å². The minimum Gasteiger partial charge on any atom is -0.493 e. The molecule has 1 heterocycles. The molecule has 0 atom stereocenters. The van der Waals surface area contributed by atoms with E-state index in [-0.39, 0.29) is 12.5 Å². The highest BCUT2D eigenvalue weighted by molar-refractivity contribution is 9.10. The van der Waals surface area contributed by atoms with Gasteiger partial charge in [0.15, 0.2) is 16.7 Å². The molecular formula is C25H19BrCl2N2O3S. The molecule has 9 heteroatoms. The Bertz CT molecular complexity index is 1310. The number of amidine groups is 1. The van der Waals surface area contributed by atoms with Gasteiger partial charge in [-0.1, -0.05) is 47.0 Å². The SMILES string of the molecule is COc1cc(/C=C2\SC(=Nc3ccc(C)cc3)NC2=O)cc(Br)c1OCc1ccc(Cl)cc1Cl. The van der Waals surface area contributed by atoms with Crippen LogP contribution in [0.1, 0.15) is 16.7 Å². The largest absolute Gasteiger partial charge is 0.493 e. The number of benzene rings is 3. The number of aryl methyl sites for hydroxylation is 1. The summed E-state index contributed by atoms with van der Waals surface area (Å²) in [5.74, 6) is 0.840. The molecule has 4 rings (SSSR count). The number of nitrogens with zero attached hydrogens (tertiary/aromatic N) is 1. The molecule has 1 N–H and O–H groups in total. The van der Waals surface area contributed by atoms with Gasteiger partial charge in [0.25, 0.3) is 5.91 Å². The Morgan fingerprint density at radius 1 is 1.12 bits per heavy atom. The van der Waals surface area contributed by atoms with Crippen molar-refractivity contribution in [2.24, 2.45) is 4.99 Å². The minimum atomic E-state index is -0.205. The molecule has 0 unspecified atom stereocenters. The summed E-state index contributed by atoms with van der Waals surface area (Å²) in [6.07, 6.45) is 1.78. The van der Waals surface area contributed by atoms with Crippen LogP contribution in [-0.4, -0.2) is 18.2 Å². The monoisotopic (exact) mass is 576 g/mol. The first kappa shape index (κ1) is 24.7. The van der Waals surface area contributed by atoms with E-state index in [1.54, 1.807) is 31.4 Å². The van der Waals surface area contributed by atoms with E-state index in [1.165, 1.54) is 11.8 Å². The summed E-state index contributed by atoms with van der Waals surface area (Å²) in [4.78, 5) is 17.5. The fourth-order valence-electron chi connectivity index (χ4n) is 3.12. The lowest BCUT2D eigenvalue weighted by molar-refractivity contribution is -0.115. The first-order valence-corrected chi connectivity index (χ1v) is 12.5. The van der Waals surface area contributed by atoms with Gasteiger partial charge in [-0.3, -0.25) is 4.79 Å². The van der Waals surface area contributed by atoms with Crippen molar-refractivity contribution in [3.63, 3.8) is 0 Å². The molecular weight excluding hydrogens is 559 g/mol. The number of rotatable bonds is 6. The third-order valence-corrected chi connectivity index (χ3v) is 6.94. The molecule has 1 amide bonds. The molecule has 3 aromatic carbocycles. The summed E-state index contributed by atoms with van der Waals surface area (Å²) in [6, 6.07) is 16.7. The number of carbonyl (C=O) groups is 1. The third-order valence-electron chi connectivity index (χ3n) is 4.85. The molecule has 0 saturated carbocycles. The fraction of sp³-hybridized carbons (Fsp3) is 0.120. The average Bonchev–Trinajstić information content (AvgIpc) is 3.13. The van der Waals surface area contributed by atoms with Crippen LogP contribution in [0.4, 0.5) is 5.69 Å². The van der Waals surface area contributed by atoms with Crippen LogP contribution in [0.2, 0.25) is 10.0 Å². The Balaban J connectivity index is 1.53. The van der Waals surface area contributed by atoms with Gasteiger partial charge in [-0.05, 0) is 82.7 Å². The standard InChI is InChI=1S/C25H19BrCl2N2O3S/c1-14-3-7-18(8-4-14)29-25-30-24(31)22(34-25)11-15-9-19(26)23(21(10-15)32-2)33-13-16-5-6-17(27)12-20(16)28/h3-12H,13H2,1-2H3,(H,29,30,31)/b22-11-. The number of methoxy groups -OCH3 is 1. The van der Waals surface area contributed by atoms with Crippen LogP contribution in [0.5, 0.6) is 11.5 Å². The summed E-state index contributed by atoms with van der Waals surface area (Å²) < 4.78 is 12.2. The van der Waals surface area contributed by atoms with Gasteiger partial charge in [0.2, 0.25) is 0 Å². The van der Waals surface area contributed by atoms with Crippen LogP contribution in [0.15, 0.2) is 69.0 Å². The summed E-state index contributed by atoms with van der Waals surface area (Å²) in [5.41, 5.74) is 3.50. The van der Waals surface area contributed by atoms with Gasteiger partial charge >= 0.3 is 0 Å². The molecule has 1 aliphatic heterocycles. The summed E-state index contributed by atoms with van der Waals surface area (Å²) >= 11 is 17.0. The lowest BCUT2D eigenvalue weighted by Crippen LogP contribution is -2.19. The zero-order valence-corrected chi connectivity index (χ0v) is 22.1. The van der Waals surface area contributed by atoms with Crippen LogP contribution >= 0.6 is 50.9 Å². The second-order valence-corrected chi connectivity index (χ2v) is 10.1. The van der Waals surface area contributed by atoms with Crippen LogP contribution < -0.4 is 14.8 Å². The quantitative estimate of drug-likeness (QED) is 0.307. The van der Waals surface area contributed by atoms with Crippen molar-refractivity contribution < 1.29 is 14.3 Å². The van der Waals surface area contributed by atoms with E-state index in [1.807, 2.05) is 43.3 Å². The maximum absolute atomic E-state index is 12.5. The van der Waals surface area contributed by atoms with Crippen molar-refractivity contribution >= 4 is 73.7 Å². The lowest BCUT2D eigenvalue weighted by atomic mass is 10.2. The number of nitrogens with one attached hydrogen (secondary N) is 1. The van der Waals surface area contributed by atoms with E-state index in [0.717, 1.165) is 22.4 Å². The highest BCUT2D eigenvalue weighted by atomic mass is 79.9. The molecule has 0 aliphatic carbocycles. The molecule has 174 valence electrons. The lowest BCUT2D eigenvalue weighted by Gasteiger charge is -2.14. The first-order valence-electron chi connectivity index (χ1n) is 10.1. The Morgan fingerprint density at radius 3 is 2.59 bits per heavy atom. The Hall–Kier alpha value is -2.45. The number of carbonyl (C=O) groups excluding carboxylic acids is 1. The number of hydrogen-bond acceptors (Lipinski definition) is 5. The van der Waals surface area contributed by atoms with Crippen molar-refractivity contribution in [3.05, 3.63) is 90.7 Å². The van der Waals surface area contributed by atoms with Crippen molar-refractivity contribution in [1.82, 2.24) is 5.32 Å². The summed E-state index contributed by atoms with van der Waals surface area (Å²) in [7, 11) is 1.56. The Morgan fingerprint density at radius 2 is 1.88 bits per heavy atom. The third kappa shape index (κ3) is 5.96. The summed E-state index contributed by atoms with van der Waals surface area (Å²) in [5, 5.41) is 4.42. The minimum absolute atomic E-state index is 0.205. The van der Waals surface area contributed by atoms with E-state index in [0.29, 0.717) is 36.1 Å². The molecule has 0 spiro atoms. The van der Waals surface area contributed by atoms with Gasteiger partial charge in [-0.2, -0.15) is 0 Å². The number of ether oxygens (including phenoxy) is 2. The summed E-state index contributed by atoms with van der Waals surface area (Å²) in [6.45, 7) is 2.25. The van der Waals surface area contributed by atoms with Gasteiger partial charge in [0, 0.05) is 15.6 Å². The smallest absolute Gasteiger partial charge is 0.264 e. The molecule has 1 saturated heterocycles. The normalized spacial score (nSPS) is 15.6. The molecule has 3 aromatic rings. The fourth-order valence-corrected chi connectivity index (χ4v) is 5.00.